The van der Waals surface area contributed by atoms with Crippen LogP contribution in [0.15, 0.2) is 18.2 Å². The van der Waals surface area contributed by atoms with E-state index in [0.717, 1.165) is 15.6 Å². The van der Waals surface area contributed by atoms with Crippen molar-refractivity contribution in [1.82, 2.24) is 5.32 Å². The molecule has 0 radical (unpaired) electrons. The number of hydrogen-bond donors (Lipinski definition) is 2. The summed E-state index contributed by atoms with van der Waals surface area (Å²) in [4.78, 5) is 11.9. The average Bonchev–Trinajstić information content (AvgIpc) is 2.31. The minimum absolute atomic E-state index is 0.0681. The van der Waals surface area contributed by atoms with E-state index in [1.54, 1.807) is 0 Å². The van der Waals surface area contributed by atoms with Gasteiger partial charge in [0.05, 0.1) is 11.7 Å². The first kappa shape index (κ1) is 14.4. The Bertz CT molecular complexity index is 393. The molecular weight excluding hydrogens is 329 g/mol. The van der Waals surface area contributed by atoms with Crippen molar-refractivity contribution in [3.05, 3.63) is 32.9 Å². The second-order valence-electron chi connectivity index (χ2n) is 4.09. The van der Waals surface area contributed by atoms with Crippen molar-refractivity contribution in [1.29, 1.82) is 0 Å². The zero-order chi connectivity index (χ0) is 12.8. The molecule has 0 saturated heterocycles. The Morgan fingerprint density at radius 1 is 1.53 bits per heavy atom. The standard InChI is InChI=1S/C13H18INO2/c1-3-10(16)6-7-15-13(17)11-8-9(2)4-5-12(11)14/h4-5,8,10,16H,3,6-7H2,1-2H3,(H,15,17). The van der Waals surface area contributed by atoms with Crippen LogP contribution in [0.25, 0.3) is 0 Å². The minimum Gasteiger partial charge on any atom is -0.393 e. The molecule has 0 saturated carbocycles. The second-order valence-corrected chi connectivity index (χ2v) is 5.25. The fourth-order valence-electron chi connectivity index (χ4n) is 1.46. The Morgan fingerprint density at radius 3 is 2.88 bits per heavy atom. The third kappa shape index (κ3) is 4.63. The molecule has 17 heavy (non-hydrogen) atoms. The van der Waals surface area contributed by atoms with Crippen molar-refractivity contribution in [2.24, 2.45) is 0 Å². The summed E-state index contributed by atoms with van der Waals surface area (Å²) in [5, 5.41) is 12.2. The van der Waals surface area contributed by atoms with E-state index in [1.807, 2.05) is 32.0 Å². The molecule has 94 valence electrons. The van der Waals surface area contributed by atoms with Gasteiger partial charge in [0, 0.05) is 10.1 Å². The normalized spacial score (nSPS) is 12.2. The zero-order valence-corrected chi connectivity index (χ0v) is 12.3. The SMILES string of the molecule is CCC(O)CCNC(=O)c1cc(C)ccc1I. The molecule has 1 atom stereocenters. The Morgan fingerprint density at radius 2 is 2.24 bits per heavy atom. The lowest BCUT2D eigenvalue weighted by Crippen LogP contribution is -2.27. The summed E-state index contributed by atoms with van der Waals surface area (Å²) in [6.07, 6.45) is 0.995. The van der Waals surface area contributed by atoms with Gasteiger partial charge in [-0.1, -0.05) is 18.6 Å². The Balaban J connectivity index is 2.55. The molecule has 0 aliphatic rings. The van der Waals surface area contributed by atoms with Crippen LogP contribution in [0.3, 0.4) is 0 Å². The van der Waals surface area contributed by atoms with Crippen LogP contribution >= 0.6 is 22.6 Å². The summed E-state index contributed by atoms with van der Waals surface area (Å²) in [5.41, 5.74) is 1.78. The van der Waals surface area contributed by atoms with E-state index in [-0.39, 0.29) is 12.0 Å². The number of halogens is 1. The van der Waals surface area contributed by atoms with E-state index < -0.39 is 0 Å². The van der Waals surface area contributed by atoms with Crippen molar-refractivity contribution in [2.45, 2.75) is 32.8 Å². The molecule has 1 aromatic rings. The minimum atomic E-state index is -0.327. The van der Waals surface area contributed by atoms with Crippen LogP contribution in [0.4, 0.5) is 0 Å². The number of carbonyl (C=O) groups excluding carboxylic acids is 1. The van der Waals surface area contributed by atoms with Crippen LogP contribution in [-0.2, 0) is 0 Å². The maximum atomic E-state index is 11.9. The fourth-order valence-corrected chi connectivity index (χ4v) is 2.05. The lowest BCUT2D eigenvalue weighted by Gasteiger charge is -2.10. The smallest absolute Gasteiger partial charge is 0.252 e. The summed E-state index contributed by atoms with van der Waals surface area (Å²) in [6, 6.07) is 5.80. The first-order valence-electron chi connectivity index (χ1n) is 5.77. The third-order valence-corrected chi connectivity index (χ3v) is 3.54. The van der Waals surface area contributed by atoms with Gasteiger partial charge >= 0.3 is 0 Å². The van der Waals surface area contributed by atoms with Gasteiger partial charge in [-0.3, -0.25) is 4.79 Å². The number of aryl methyl sites for hydroxylation is 1. The van der Waals surface area contributed by atoms with Crippen LogP contribution in [-0.4, -0.2) is 23.7 Å². The van der Waals surface area contributed by atoms with E-state index in [1.165, 1.54) is 0 Å². The van der Waals surface area contributed by atoms with E-state index in [4.69, 9.17) is 0 Å². The number of benzene rings is 1. The third-order valence-electron chi connectivity index (χ3n) is 2.60. The van der Waals surface area contributed by atoms with E-state index in [9.17, 15) is 9.90 Å². The summed E-state index contributed by atoms with van der Waals surface area (Å²) >= 11 is 2.15. The highest BCUT2D eigenvalue weighted by Gasteiger charge is 2.10. The molecule has 1 unspecified atom stereocenters. The largest absolute Gasteiger partial charge is 0.393 e. The van der Waals surface area contributed by atoms with E-state index >= 15 is 0 Å². The molecule has 0 aliphatic heterocycles. The zero-order valence-electron chi connectivity index (χ0n) is 10.2. The van der Waals surface area contributed by atoms with Crippen LogP contribution in [0.2, 0.25) is 0 Å². The van der Waals surface area contributed by atoms with Gasteiger partial charge in [-0.2, -0.15) is 0 Å². The number of aliphatic hydroxyl groups is 1. The van der Waals surface area contributed by atoms with Crippen molar-refractivity contribution in [3.63, 3.8) is 0 Å². The quantitative estimate of drug-likeness (QED) is 0.804. The number of nitrogens with one attached hydrogen (secondary N) is 1. The molecule has 2 N–H and O–H groups in total. The summed E-state index contributed by atoms with van der Waals surface area (Å²) in [7, 11) is 0. The van der Waals surface area contributed by atoms with E-state index in [0.29, 0.717) is 18.5 Å². The topological polar surface area (TPSA) is 49.3 Å². The molecule has 1 rings (SSSR count). The van der Waals surface area contributed by atoms with Gasteiger partial charge in [-0.15, -0.1) is 0 Å². The van der Waals surface area contributed by atoms with Gasteiger partial charge in [-0.05, 0) is 54.5 Å². The monoisotopic (exact) mass is 347 g/mol. The predicted octanol–water partition coefficient (Wildman–Crippen LogP) is 2.49. The Hall–Kier alpha value is -0.620. The van der Waals surface area contributed by atoms with Gasteiger partial charge < -0.3 is 10.4 Å². The summed E-state index contributed by atoms with van der Waals surface area (Å²) in [5.74, 6) is -0.0681. The average molecular weight is 347 g/mol. The molecule has 0 fully saturated rings. The first-order valence-corrected chi connectivity index (χ1v) is 6.85. The first-order chi connectivity index (χ1) is 8.04. The van der Waals surface area contributed by atoms with Crippen molar-refractivity contribution in [2.75, 3.05) is 6.54 Å². The van der Waals surface area contributed by atoms with Gasteiger partial charge in [0.1, 0.15) is 0 Å². The van der Waals surface area contributed by atoms with Gasteiger partial charge in [-0.25, -0.2) is 0 Å². The van der Waals surface area contributed by atoms with Crippen molar-refractivity contribution >= 4 is 28.5 Å². The Kier molecular flexibility index (Phi) is 5.91. The van der Waals surface area contributed by atoms with Gasteiger partial charge in [0.2, 0.25) is 0 Å². The number of carbonyl (C=O) groups is 1. The summed E-state index contributed by atoms with van der Waals surface area (Å²) in [6.45, 7) is 4.40. The second kappa shape index (κ2) is 6.96. The molecule has 0 aliphatic carbocycles. The predicted molar refractivity (Wildman–Crippen MR) is 77.1 cm³/mol. The number of rotatable bonds is 5. The van der Waals surface area contributed by atoms with Gasteiger partial charge in [0.15, 0.2) is 0 Å². The lowest BCUT2D eigenvalue weighted by molar-refractivity contribution is 0.0941. The van der Waals surface area contributed by atoms with Crippen molar-refractivity contribution in [3.8, 4) is 0 Å². The molecule has 0 aromatic heterocycles. The lowest BCUT2D eigenvalue weighted by atomic mass is 10.1. The molecular formula is C13H18INO2. The van der Waals surface area contributed by atoms with Crippen LogP contribution < -0.4 is 5.32 Å². The molecule has 3 nitrogen and oxygen atoms in total. The van der Waals surface area contributed by atoms with Crippen LogP contribution in [0.1, 0.15) is 35.7 Å². The summed E-state index contributed by atoms with van der Waals surface area (Å²) < 4.78 is 0.946. The van der Waals surface area contributed by atoms with Gasteiger partial charge in [0.25, 0.3) is 5.91 Å². The van der Waals surface area contributed by atoms with Crippen LogP contribution in [0.5, 0.6) is 0 Å². The highest BCUT2D eigenvalue weighted by atomic mass is 127. The molecule has 1 aromatic carbocycles. The number of aliphatic hydroxyl groups excluding tert-OH is 1. The Labute approximate surface area is 116 Å². The fraction of sp³-hybridized carbons (Fsp3) is 0.462. The number of amides is 1. The van der Waals surface area contributed by atoms with Crippen molar-refractivity contribution < 1.29 is 9.90 Å². The number of hydrogen-bond acceptors (Lipinski definition) is 2. The maximum absolute atomic E-state index is 11.9. The molecule has 0 spiro atoms. The molecule has 0 bridgehead atoms. The molecule has 0 heterocycles. The highest BCUT2D eigenvalue weighted by Crippen LogP contribution is 2.14. The van der Waals surface area contributed by atoms with E-state index in [2.05, 4.69) is 27.9 Å². The molecule has 4 heteroatoms. The van der Waals surface area contributed by atoms with Crippen LogP contribution in [0, 0.1) is 10.5 Å². The highest BCUT2D eigenvalue weighted by molar-refractivity contribution is 14.1. The molecule has 1 amide bonds. The maximum Gasteiger partial charge on any atom is 0.252 e.